The Kier molecular flexibility index (Phi) is 5.44. The van der Waals surface area contributed by atoms with E-state index in [-0.39, 0.29) is 0 Å². The van der Waals surface area contributed by atoms with Crippen molar-refractivity contribution in [3.63, 3.8) is 0 Å². The minimum atomic E-state index is -7.25. The van der Waals surface area contributed by atoms with Gasteiger partial charge in [-0.05, 0) is 0 Å². The lowest BCUT2D eigenvalue weighted by atomic mass is 10.0. The molecule has 0 amide bonds. The molecule has 0 aromatic carbocycles. The topological polar surface area (TPSA) is 26.3 Å². The summed E-state index contributed by atoms with van der Waals surface area (Å²) in [6, 6.07) is 0. The van der Waals surface area contributed by atoms with Crippen molar-refractivity contribution in [1.82, 2.24) is 0 Å². The van der Waals surface area contributed by atoms with Crippen LogP contribution in [-0.2, 0) is 9.53 Å². The predicted octanol–water partition coefficient (Wildman–Crippen LogP) is 4.08. The van der Waals surface area contributed by atoms with Crippen molar-refractivity contribution >= 4 is 5.97 Å². The van der Waals surface area contributed by atoms with Crippen molar-refractivity contribution in [3.8, 4) is 0 Å². The molecule has 0 bridgehead atoms. The van der Waals surface area contributed by atoms with E-state index in [1.54, 1.807) is 0 Å². The number of hydrogen-bond acceptors (Lipinski definition) is 2. The molecule has 0 spiro atoms. The second kappa shape index (κ2) is 5.87. The largest absolute Gasteiger partial charge is 0.473 e. The quantitative estimate of drug-likeness (QED) is 0.407. The molecular weight excluding hydrogens is 356 g/mol. The van der Waals surface area contributed by atoms with E-state index in [1.807, 2.05) is 0 Å². The number of rotatable bonds is 6. The SMILES string of the molecule is O=C(OC(F)(F)C(F)(F)C(F)(F)C(F)(F)CF)C(F)=C(F)F. The maximum Gasteiger partial charge on any atom is 0.473 e. The van der Waals surface area contributed by atoms with Gasteiger partial charge in [-0.25, -0.2) is 9.18 Å². The molecule has 0 unspecified atom stereocenters. The highest BCUT2D eigenvalue weighted by Gasteiger charge is 2.82. The van der Waals surface area contributed by atoms with Gasteiger partial charge in [0.1, 0.15) is 0 Å². The molecule has 0 atom stereocenters. The Morgan fingerprint density at radius 1 is 0.818 bits per heavy atom. The van der Waals surface area contributed by atoms with Crippen LogP contribution in [0.3, 0.4) is 0 Å². The zero-order chi connectivity index (χ0) is 18.1. The van der Waals surface area contributed by atoms with Crippen molar-refractivity contribution in [1.29, 1.82) is 0 Å². The highest BCUT2D eigenvalue weighted by atomic mass is 19.4. The molecule has 0 N–H and O–H groups in total. The molecule has 0 radical (unpaired) electrons. The first-order chi connectivity index (χ1) is 9.55. The van der Waals surface area contributed by atoms with Gasteiger partial charge in [0.25, 0.3) is 5.83 Å². The first-order valence-corrected chi connectivity index (χ1v) is 4.56. The third-order valence-corrected chi connectivity index (χ3v) is 1.95. The van der Waals surface area contributed by atoms with Gasteiger partial charge in [0.2, 0.25) is 0 Å². The van der Waals surface area contributed by atoms with E-state index in [4.69, 9.17) is 0 Å². The van der Waals surface area contributed by atoms with Gasteiger partial charge in [0.05, 0.1) is 0 Å². The summed E-state index contributed by atoms with van der Waals surface area (Å²) >= 11 is 0. The second-order valence-electron chi connectivity index (χ2n) is 3.47. The lowest BCUT2D eigenvalue weighted by Crippen LogP contribution is -2.63. The average molecular weight is 358 g/mol. The summed E-state index contributed by atoms with van der Waals surface area (Å²) in [4.78, 5) is 10.2. The van der Waals surface area contributed by atoms with E-state index in [0.29, 0.717) is 0 Å². The third-order valence-electron chi connectivity index (χ3n) is 1.95. The van der Waals surface area contributed by atoms with Crippen LogP contribution in [0.5, 0.6) is 0 Å². The van der Waals surface area contributed by atoms with E-state index >= 15 is 0 Å². The number of alkyl halides is 9. The van der Waals surface area contributed by atoms with Crippen LogP contribution >= 0.6 is 0 Å². The normalized spacial score (nSPS) is 13.8. The molecule has 130 valence electrons. The van der Waals surface area contributed by atoms with E-state index in [1.165, 1.54) is 0 Å². The second-order valence-corrected chi connectivity index (χ2v) is 3.47. The Morgan fingerprint density at radius 2 is 1.23 bits per heavy atom. The molecule has 0 aliphatic carbocycles. The molecule has 0 aromatic rings. The number of carbonyl (C=O) groups is 1. The summed E-state index contributed by atoms with van der Waals surface area (Å²) in [6.45, 7) is -3.51. The minimum absolute atomic E-state index is 2.08. The summed E-state index contributed by atoms with van der Waals surface area (Å²) in [6.07, 6.45) is -10.5. The van der Waals surface area contributed by atoms with Gasteiger partial charge >= 0.3 is 35.9 Å². The Balaban J connectivity index is 5.69. The Morgan fingerprint density at radius 3 is 1.55 bits per heavy atom. The predicted molar refractivity (Wildman–Crippen MR) is 42.2 cm³/mol. The van der Waals surface area contributed by atoms with Crippen molar-refractivity contribution in [2.45, 2.75) is 23.9 Å². The first-order valence-electron chi connectivity index (χ1n) is 4.56. The Hall–Kier alpha value is -1.63. The lowest BCUT2D eigenvalue weighted by molar-refractivity contribution is -0.417. The number of esters is 1. The fraction of sp³-hybridized carbons (Fsp3) is 0.625. The van der Waals surface area contributed by atoms with Gasteiger partial charge in [-0.3, -0.25) is 0 Å². The maximum atomic E-state index is 12.7. The smallest absolute Gasteiger partial charge is 0.390 e. The fourth-order valence-electron chi connectivity index (χ4n) is 0.799. The van der Waals surface area contributed by atoms with Crippen LogP contribution in [0, 0.1) is 0 Å². The van der Waals surface area contributed by atoms with Gasteiger partial charge in [-0.2, -0.15) is 48.3 Å². The molecule has 0 aliphatic heterocycles. The molecule has 0 aromatic heterocycles. The van der Waals surface area contributed by atoms with Crippen LogP contribution in [0.4, 0.5) is 52.7 Å². The number of hydrogen-bond donors (Lipinski definition) is 0. The van der Waals surface area contributed by atoms with Gasteiger partial charge in [0.15, 0.2) is 6.67 Å². The lowest BCUT2D eigenvalue weighted by Gasteiger charge is -2.34. The third kappa shape index (κ3) is 3.24. The van der Waals surface area contributed by atoms with Gasteiger partial charge in [-0.15, -0.1) is 0 Å². The summed E-state index contributed by atoms with van der Waals surface area (Å²) in [5, 5.41) is 0. The summed E-state index contributed by atoms with van der Waals surface area (Å²) < 4.78 is 149. The zero-order valence-corrected chi connectivity index (χ0v) is 9.56. The van der Waals surface area contributed by atoms with E-state index in [0.717, 1.165) is 0 Å². The molecule has 14 heteroatoms. The number of carbonyl (C=O) groups excluding carboxylic acids is 1. The number of ether oxygens (including phenoxy) is 1. The van der Waals surface area contributed by atoms with Crippen LogP contribution < -0.4 is 0 Å². The van der Waals surface area contributed by atoms with Crippen molar-refractivity contribution in [2.24, 2.45) is 0 Å². The summed E-state index contributed by atoms with van der Waals surface area (Å²) in [5.74, 6) is -27.7. The van der Waals surface area contributed by atoms with E-state index in [9.17, 15) is 57.5 Å². The van der Waals surface area contributed by atoms with Crippen LogP contribution in [0.1, 0.15) is 0 Å². The Bertz CT molecular complexity index is 464. The van der Waals surface area contributed by atoms with E-state index in [2.05, 4.69) is 4.74 Å². The van der Waals surface area contributed by atoms with Gasteiger partial charge in [-0.1, -0.05) is 0 Å². The summed E-state index contributed by atoms with van der Waals surface area (Å²) in [5.41, 5.74) is 0. The van der Waals surface area contributed by atoms with Crippen molar-refractivity contribution < 1.29 is 62.2 Å². The van der Waals surface area contributed by atoms with Crippen molar-refractivity contribution in [2.75, 3.05) is 6.67 Å². The van der Waals surface area contributed by atoms with Gasteiger partial charge < -0.3 is 4.74 Å². The number of halogens is 12. The highest BCUT2D eigenvalue weighted by Crippen LogP contribution is 2.53. The molecule has 0 heterocycles. The molecule has 0 saturated heterocycles. The van der Waals surface area contributed by atoms with Crippen LogP contribution in [0.15, 0.2) is 11.9 Å². The molecule has 0 saturated carbocycles. The maximum absolute atomic E-state index is 12.7. The van der Waals surface area contributed by atoms with E-state index < -0.39 is 48.4 Å². The fourth-order valence-corrected chi connectivity index (χ4v) is 0.799. The van der Waals surface area contributed by atoms with Crippen LogP contribution in [0.2, 0.25) is 0 Å². The molecule has 0 fully saturated rings. The first kappa shape index (κ1) is 20.4. The van der Waals surface area contributed by atoms with Gasteiger partial charge in [0, 0.05) is 0 Å². The standard InChI is InChI=1S/C8H2F12O2/c9-1-5(13,14)6(15,16)7(17,18)8(19,20)22-4(21)2(10)3(11)12/h1H2. The van der Waals surface area contributed by atoms with Crippen molar-refractivity contribution in [3.05, 3.63) is 11.9 Å². The Labute approximate surface area is 112 Å². The van der Waals surface area contributed by atoms with Crippen LogP contribution in [-0.4, -0.2) is 36.5 Å². The molecule has 2 nitrogen and oxygen atoms in total. The monoisotopic (exact) mass is 358 g/mol. The summed E-state index contributed by atoms with van der Waals surface area (Å²) in [7, 11) is 0. The average Bonchev–Trinajstić information content (AvgIpc) is 2.36. The molecular formula is C8H2F12O2. The highest BCUT2D eigenvalue weighted by molar-refractivity contribution is 5.86. The molecule has 22 heavy (non-hydrogen) atoms. The van der Waals surface area contributed by atoms with Crippen LogP contribution in [0.25, 0.3) is 0 Å². The zero-order valence-electron chi connectivity index (χ0n) is 9.56. The molecule has 0 aliphatic rings. The molecule has 0 rings (SSSR count). The minimum Gasteiger partial charge on any atom is -0.390 e.